The van der Waals surface area contributed by atoms with Crippen molar-refractivity contribution in [1.29, 1.82) is 0 Å². The highest BCUT2D eigenvalue weighted by Crippen LogP contribution is 2.41. The zero-order chi connectivity index (χ0) is 24.0. The Morgan fingerprint density at radius 1 is 1.00 bits per heavy atom. The third kappa shape index (κ3) is 6.26. The highest BCUT2D eigenvalue weighted by molar-refractivity contribution is 7.87. The molecule has 6 N–H and O–H groups in total. The Bertz CT molecular complexity index is 1210. The highest BCUT2D eigenvalue weighted by atomic mass is 32.2. The lowest BCUT2D eigenvalue weighted by atomic mass is 9.98. The van der Waals surface area contributed by atoms with Gasteiger partial charge in [0, 0.05) is 23.9 Å². The SMILES string of the molecule is CCCCS(=O)(=O)Oc1cc(Cc2cnc(N)nc2N)cc(OCC)c1-c1ccc(N)cc1. The van der Waals surface area contributed by atoms with E-state index in [0.29, 0.717) is 42.0 Å². The zero-order valence-corrected chi connectivity index (χ0v) is 19.6. The molecule has 2 aromatic carbocycles. The molecule has 176 valence electrons. The fraction of sp³-hybridized carbons (Fsp3) is 0.304. The molecule has 0 unspecified atom stereocenters. The van der Waals surface area contributed by atoms with E-state index in [0.717, 1.165) is 17.5 Å². The lowest BCUT2D eigenvalue weighted by Gasteiger charge is -2.18. The van der Waals surface area contributed by atoms with Crippen LogP contribution in [0.5, 0.6) is 11.5 Å². The van der Waals surface area contributed by atoms with Gasteiger partial charge in [-0.2, -0.15) is 13.4 Å². The van der Waals surface area contributed by atoms with Crippen molar-refractivity contribution < 1.29 is 17.3 Å². The summed E-state index contributed by atoms with van der Waals surface area (Å²) in [5, 5.41) is 0. The molecule has 0 bridgehead atoms. The Morgan fingerprint density at radius 3 is 2.33 bits per heavy atom. The van der Waals surface area contributed by atoms with Crippen molar-refractivity contribution in [1.82, 2.24) is 9.97 Å². The van der Waals surface area contributed by atoms with E-state index in [9.17, 15) is 8.42 Å². The molecule has 9 nitrogen and oxygen atoms in total. The summed E-state index contributed by atoms with van der Waals surface area (Å²) < 4.78 is 36.9. The molecule has 10 heteroatoms. The molecule has 1 heterocycles. The second kappa shape index (κ2) is 10.4. The second-order valence-corrected chi connectivity index (χ2v) is 9.23. The number of hydrogen-bond donors (Lipinski definition) is 3. The summed E-state index contributed by atoms with van der Waals surface area (Å²) in [7, 11) is -3.82. The van der Waals surface area contributed by atoms with Crippen LogP contribution in [-0.4, -0.2) is 30.7 Å². The number of nitrogens with two attached hydrogens (primary N) is 3. The van der Waals surface area contributed by atoms with Crippen LogP contribution in [0.15, 0.2) is 42.6 Å². The minimum Gasteiger partial charge on any atom is -0.493 e. The Morgan fingerprint density at radius 2 is 1.70 bits per heavy atom. The molecule has 0 aliphatic rings. The van der Waals surface area contributed by atoms with Gasteiger partial charge >= 0.3 is 10.1 Å². The number of rotatable bonds is 10. The van der Waals surface area contributed by atoms with Gasteiger partial charge in [-0.15, -0.1) is 0 Å². The van der Waals surface area contributed by atoms with Crippen LogP contribution in [0.4, 0.5) is 17.5 Å². The summed E-state index contributed by atoms with van der Waals surface area (Å²) in [5.74, 6) is 0.900. The Labute approximate surface area is 194 Å². The molecule has 0 aliphatic carbocycles. The topological polar surface area (TPSA) is 156 Å². The molecule has 3 rings (SSSR count). The van der Waals surface area contributed by atoms with Gasteiger partial charge in [0.25, 0.3) is 0 Å². The van der Waals surface area contributed by atoms with Crippen LogP contribution in [0.25, 0.3) is 11.1 Å². The van der Waals surface area contributed by atoms with Crippen molar-refractivity contribution in [2.24, 2.45) is 0 Å². The minimum atomic E-state index is -3.82. The second-order valence-electron chi connectivity index (χ2n) is 7.54. The first-order chi connectivity index (χ1) is 15.7. The lowest BCUT2D eigenvalue weighted by molar-refractivity contribution is 0.340. The number of benzene rings is 2. The van der Waals surface area contributed by atoms with E-state index in [-0.39, 0.29) is 23.3 Å². The molecule has 1 aromatic heterocycles. The number of aromatic nitrogens is 2. The predicted molar refractivity (Wildman–Crippen MR) is 130 cm³/mol. The molecule has 0 saturated heterocycles. The molecular formula is C23H29N5O4S. The Kier molecular flexibility index (Phi) is 7.59. The molecular weight excluding hydrogens is 442 g/mol. The quantitative estimate of drug-likeness (QED) is 0.298. The van der Waals surface area contributed by atoms with E-state index in [1.165, 1.54) is 0 Å². The largest absolute Gasteiger partial charge is 0.493 e. The monoisotopic (exact) mass is 471 g/mol. The molecule has 0 atom stereocenters. The van der Waals surface area contributed by atoms with Gasteiger partial charge in [-0.25, -0.2) is 4.98 Å². The van der Waals surface area contributed by atoms with Gasteiger partial charge in [-0.05, 0) is 48.7 Å². The molecule has 33 heavy (non-hydrogen) atoms. The van der Waals surface area contributed by atoms with E-state index in [1.54, 1.807) is 36.5 Å². The summed E-state index contributed by atoms with van der Waals surface area (Å²) in [6.07, 6.45) is 3.11. The first-order valence-corrected chi connectivity index (χ1v) is 12.2. The molecule has 0 spiro atoms. The van der Waals surface area contributed by atoms with E-state index in [4.69, 9.17) is 26.1 Å². The minimum absolute atomic E-state index is 0.0796. The van der Waals surface area contributed by atoms with E-state index in [1.807, 2.05) is 19.9 Å². The van der Waals surface area contributed by atoms with Crippen LogP contribution in [-0.2, 0) is 16.5 Å². The molecule has 0 saturated carbocycles. The van der Waals surface area contributed by atoms with Gasteiger partial charge < -0.3 is 26.1 Å². The third-order valence-corrected chi connectivity index (χ3v) is 6.12. The molecule has 0 amide bonds. The van der Waals surface area contributed by atoms with Crippen LogP contribution in [0.1, 0.15) is 37.8 Å². The average molecular weight is 472 g/mol. The lowest BCUT2D eigenvalue weighted by Crippen LogP contribution is -2.15. The summed E-state index contributed by atoms with van der Waals surface area (Å²) in [5.41, 5.74) is 20.6. The molecule has 0 aliphatic heterocycles. The maximum atomic E-state index is 12.7. The summed E-state index contributed by atoms with van der Waals surface area (Å²) in [6, 6.07) is 10.6. The van der Waals surface area contributed by atoms with Crippen LogP contribution in [0.2, 0.25) is 0 Å². The molecule has 0 fully saturated rings. The standard InChI is InChI=1S/C23H29N5O4S/c1-3-5-10-33(29,30)32-20-13-15(11-17-14-27-23(26)28-22(17)25)12-19(31-4-2)21(20)16-6-8-18(24)9-7-16/h6-9,12-14H,3-5,10-11,24H2,1-2H3,(H4,25,26,27,28). The van der Waals surface area contributed by atoms with Crippen LogP contribution < -0.4 is 26.1 Å². The van der Waals surface area contributed by atoms with Gasteiger partial charge in [-0.1, -0.05) is 25.5 Å². The first kappa shape index (κ1) is 24.1. The Balaban J connectivity index is 2.14. The van der Waals surface area contributed by atoms with Crippen molar-refractivity contribution >= 4 is 27.6 Å². The van der Waals surface area contributed by atoms with Crippen LogP contribution in [0.3, 0.4) is 0 Å². The summed E-state index contributed by atoms with van der Waals surface area (Å²) >= 11 is 0. The van der Waals surface area contributed by atoms with Crippen molar-refractivity contribution in [3.63, 3.8) is 0 Å². The smallest absolute Gasteiger partial charge is 0.309 e. The van der Waals surface area contributed by atoms with Gasteiger partial charge in [0.1, 0.15) is 11.6 Å². The molecule has 0 radical (unpaired) electrons. The Hall–Kier alpha value is -3.53. The van der Waals surface area contributed by atoms with Crippen molar-refractivity contribution in [2.75, 3.05) is 29.6 Å². The fourth-order valence-corrected chi connectivity index (χ4v) is 4.44. The van der Waals surface area contributed by atoms with Gasteiger partial charge in [0.15, 0.2) is 5.75 Å². The molecule has 3 aromatic rings. The highest BCUT2D eigenvalue weighted by Gasteiger charge is 2.21. The van der Waals surface area contributed by atoms with Crippen molar-refractivity contribution in [2.45, 2.75) is 33.1 Å². The van der Waals surface area contributed by atoms with E-state index >= 15 is 0 Å². The zero-order valence-electron chi connectivity index (χ0n) is 18.7. The summed E-state index contributed by atoms with van der Waals surface area (Å²) in [4.78, 5) is 7.99. The van der Waals surface area contributed by atoms with Gasteiger partial charge in [0.2, 0.25) is 5.95 Å². The van der Waals surface area contributed by atoms with E-state index in [2.05, 4.69) is 9.97 Å². The van der Waals surface area contributed by atoms with E-state index < -0.39 is 10.1 Å². The third-order valence-electron chi connectivity index (χ3n) is 4.90. The van der Waals surface area contributed by atoms with Crippen LogP contribution in [0, 0.1) is 0 Å². The summed E-state index contributed by atoms with van der Waals surface area (Å²) in [6.45, 7) is 4.15. The first-order valence-electron chi connectivity index (χ1n) is 10.7. The normalized spacial score (nSPS) is 11.3. The fourth-order valence-electron chi connectivity index (χ4n) is 3.31. The van der Waals surface area contributed by atoms with Gasteiger partial charge in [0.05, 0.1) is 17.9 Å². The number of nitrogen functional groups attached to an aromatic ring is 3. The maximum absolute atomic E-state index is 12.7. The number of nitrogens with zero attached hydrogens (tertiary/aromatic N) is 2. The number of anilines is 3. The number of ether oxygens (including phenoxy) is 1. The predicted octanol–water partition coefficient (Wildman–Crippen LogP) is 3.39. The van der Waals surface area contributed by atoms with Gasteiger partial charge in [-0.3, -0.25) is 0 Å². The van der Waals surface area contributed by atoms with Crippen molar-refractivity contribution in [3.05, 3.63) is 53.7 Å². The van der Waals surface area contributed by atoms with Crippen LogP contribution >= 0.6 is 0 Å². The average Bonchev–Trinajstić information content (AvgIpc) is 2.75. The number of hydrogen-bond acceptors (Lipinski definition) is 9. The maximum Gasteiger partial charge on any atom is 0.309 e. The number of unbranched alkanes of at least 4 members (excludes halogenated alkanes) is 1. The van der Waals surface area contributed by atoms with Crippen molar-refractivity contribution in [3.8, 4) is 22.6 Å².